The van der Waals surface area contributed by atoms with Crippen molar-refractivity contribution in [2.45, 2.75) is 19.5 Å². The fourth-order valence-corrected chi connectivity index (χ4v) is 2.39. The van der Waals surface area contributed by atoms with E-state index < -0.39 is 0 Å². The first-order valence-corrected chi connectivity index (χ1v) is 6.72. The van der Waals surface area contributed by atoms with E-state index >= 15 is 0 Å². The van der Waals surface area contributed by atoms with Crippen molar-refractivity contribution < 1.29 is 0 Å². The Bertz CT molecular complexity index is 387. The summed E-state index contributed by atoms with van der Waals surface area (Å²) in [7, 11) is 0. The summed E-state index contributed by atoms with van der Waals surface area (Å²) >= 11 is 5.05. The van der Waals surface area contributed by atoms with Gasteiger partial charge in [0.1, 0.15) is 0 Å². The maximum Gasteiger partial charge on any atom is 0.0899 e. The maximum atomic E-state index is 5.69. The highest BCUT2D eigenvalue weighted by Gasteiger charge is 2.22. The van der Waals surface area contributed by atoms with E-state index in [1.54, 1.807) is 0 Å². The zero-order valence-electron chi connectivity index (χ0n) is 10.7. The molecule has 1 unspecified atom stereocenters. The second-order valence-corrected chi connectivity index (χ2v) is 5.22. The van der Waals surface area contributed by atoms with Crippen LogP contribution in [0.15, 0.2) is 24.5 Å². The smallest absolute Gasteiger partial charge is 0.0899 e. The van der Waals surface area contributed by atoms with Crippen molar-refractivity contribution in [3.05, 3.63) is 30.1 Å². The molecule has 18 heavy (non-hydrogen) atoms. The lowest BCUT2D eigenvalue weighted by Gasteiger charge is -2.37. The molecule has 4 nitrogen and oxygen atoms in total. The average molecular weight is 264 g/mol. The summed E-state index contributed by atoms with van der Waals surface area (Å²) in [5, 5.41) is 0. The molecular formula is C13H20N4S. The van der Waals surface area contributed by atoms with Crippen LogP contribution < -0.4 is 5.73 Å². The molecule has 0 aliphatic carbocycles. The molecule has 0 spiro atoms. The van der Waals surface area contributed by atoms with Crippen LogP contribution in [-0.2, 0) is 6.54 Å². The van der Waals surface area contributed by atoms with Gasteiger partial charge in [0, 0.05) is 45.1 Å². The van der Waals surface area contributed by atoms with Crippen LogP contribution in [0.25, 0.3) is 0 Å². The van der Waals surface area contributed by atoms with Gasteiger partial charge >= 0.3 is 0 Å². The van der Waals surface area contributed by atoms with Crippen molar-refractivity contribution in [3.8, 4) is 0 Å². The van der Waals surface area contributed by atoms with E-state index in [4.69, 9.17) is 18.0 Å². The molecule has 2 N–H and O–H groups in total. The first-order valence-electron chi connectivity index (χ1n) is 6.31. The first kappa shape index (κ1) is 13.4. The van der Waals surface area contributed by atoms with E-state index in [2.05, 4.69) is 27.8 Å². The normalized spacial score (nSPS) is 19.6. The Morgan fingerprint density at radius 2 is 2.17 bits per heavy atom. The summed E-state index contributed by atoms with van der Waals surface area (Å²) in [6.45, 7) is 7.23. The number of pyridine rings is 1. The molecule has 0 amide bonds. The summed E-state index contributed by atoms with van der Waals surface area (Å²) in [5.41, 5.74) is 6.96. The van der Waals surface area contributed by atoms with Crippen LogP contribution in [0.1, 0.15) is 12.5 Å². The Kier molecular flexibility index (Phi) is 4.63. The Balaban J connectivity index is 1.82. The van der Waals surface area contributed by atoms with Crippen molar-refractivity contribution in [3.63, 3.8) is 0 Å². The quantitative estimate of drug-likeness (QED) is 0.818. The lowest BCUT2D eigenvalue weighted by molar-refractivity contribution is 0.118. The minimum absolute atomic E-state index is 0.209. The molecule has 1 aromatic rings. The number of nitrogens with zero attached hydrogens (tertiary/aromatic N) is 3. The molecule has 0 saturated carbocycles. The van der Waals surface area contributed by atoms with Gasteiger partial charge in [0.25, 0.3) is 0 Å². The molecule has 0 radical (unpaired) electrons. The highest BCUT2D eigenvalue weighted by atomic mass is 32.1. The van der Waals surface area contributed by atoms with Crippen LogP contribution in [0, 0.1) is 0 Å². The van der Waals surface area contributed by atoms with Crippen LogP contribution in [0.5, 0.6) is 0 Å². The van der Waals surface area contributed by atoms with E-state index in [9.17, 15) is 0 Å². The second kappa shape index (κ2) is 6.22. The Morgan fingerprint density at radius 1 is 1.44 bits per heavy atom. The number of hydrogen-bond acceptors (Lipinski definition) is 4. The van der Waals surface area contributed by atoms with Gasteiger partial charge in [-0.1, -0.05) is 18.3 Å². The van der Waals surface area contributed by atoms with Crippen molar-refractivity contribution in [2.75, 3.05) is 26.2 Å². The number of nitrogens with two attached hydrogens (primary N) is 1. The number of piperazine rings is 1. The summed E-state index contributed by atoms with van der Waals surface area (Å²) < 4.78 is 0. The van der Waals surface area contributed by atoms with Crippen LogP contribution in [-0.4, -0.2) is 52.0 Å². The highest BCUT2D eigenvalue weighted by Crippen LogP contribution is 2.10. The Labute approximate surface area is 114 Å². The summed E-state index contributed by atoms with van der Waals surface area (Å²) in [6, 6.07) is 4.32. The molecule has 2 heterocycles. The lowest BCUT2D eigenvalue weighted by Crippen LogP contribution is -2.52. The monoisotopic (exact) mass is 264 g/mol. The van der Waals surface area contributed by atoms with Crippen LogP contribution in [0.2, 0.25) is 0 Å². The second-order valence-electron chi connectivity index (χ2n) is 4.75. The van der Waals surface area contributed by atoms with Gasteiger partial charge in [0.2, 0.25) is 0 Å². The molecule has 1 fully saturated rings. The molecular weight excluding hydrogens is 244 g/mol. The molecule has 1 aromatic heterocycles. The molecule has 1 aliphatic heterocycles. The van der Waals surface area contributed by atoms with Crippen LogP contribution >= 0.6 is 12.2 Å². The maximum absolute atomic E-state index is 5.69. The topological polar surface area (TPSA) is 45.4 Å². The molecule has 1 aliphatic rings. The molecule has 2 rings (SSSR count). The van der Waals surface area contributed by atoms with Gasteiger partial charge in [-0.2, -0.15) is 0 Å². The third-order valence-corrected chi connectivity index (χ3v) is 3.84. The zero-order chi connectivity index (χ0) is 13.0. The third-order valence-electron chi connectivity index (χ3n) is 3.50. The van der Waals surface area contributed by atoms with Crippen molar-refractivity contribution in [1.82, 2.24) is 14.8 Å². The van der Waals surface area contributed by atoms with Gasteiger partial charge in [-0.15, -0.1) is 0 Å². The molecule has 0 aromatic carbocycles. The number of thiocarbonyl (C=S) groups is 1. The third kappa shape index (κ3) is 3.48. The first-order chi connectivity index (χ1) is 8.66. The van der Waals surface area contributed by atoms with Crippen molar-refractivity contribution >= 4 is 17.2 Å². The Hall–Kier alpha value is -1.04. The molecule has 1 saturated heterocycles. The molecule has 5 heteroatoms. The van der Waals surface area contributed by atoms with E-state index in [1.807, 2.05) is 18.5 Å². The Morgan fingerprint density at radius 3 is 2.72 bits per heavy atom. The van der Waals surface area contributed by atoms with E-state index in [0.717, 1.165) is 32.7 Å². The minimum Gasteiger partial charge on any atom is -0.392 e. The van der Waals surface area contributed by atoms with Crippen LogP contribution in [0.3, 0.4) is 0 Å². The van der Waals surface area contributed by atoms with Gasteiger partial charge < -0.3 is 5.73 Å². The molecule has 1 atom stereocenters. The number of rotatable bonds is 4. The predicted octanol–water partition coefficient (Wildman–Crippen LogP) is 0.874. The minimum atomic E-state index is 0.209. The van der Waals surface area contributed by atoms with Gasteiger partial charge in [0.15, 0.2) is 0 Å². The van der Waals surface area contributed by atoms with Crippen molar-refractivity contribution in [1.29, 1.82) is 0 Å². The van der Waals surface area contributed by atoms with Gasteiger partial charge in [-0.05, 0) is 18.6 Å². The lowest BCUT2D eigenvalue weighted by atomic mass is 10.2. The standard InChI is InChI=1S/C13H20N4S/c1-11(13(14)18)17-7-5-16(6-8-17)10-12-3-2-4-15-9-12/h2-4,9,11H,5-8,10H2,1H3,(H2,14,18). The van der Waals surface area contributed by atoms with E-state index in [1.165, 1.54) is 5.56 Å². The SMILES string of the molecule is CC(C(N)=S)N1CCN(Cc2cccnc2)CC1. The highest BCUT2D eigenvalue weighted by molar-refractivity contribution is 7.80. The van der Waals surface area contributed by atoms with Gasteiger partial charge in [-0.25, -0.2) is 0 Å². The molecule has 98 valence electrons. The van der Waals surface area contributed by atoms with Crippen LogP contribution in [0.4, 0.5) is 0 Å². The number of hydrogen-bond donors (Lipinski definition) is 1. The summed E-state index contributed by atoms with van der Waals surface area (Å²) in [4.78, 5) is 9.53. The summed E-state index contributed by atoms with van der Waals surface area (Å²) in [5.74, 6) is 0. The number of aromatic nitrogens is 1. The summed E-state index contributed by atoms with van der Waals surface area (Å²) in [6.07, 6.45) is 3.75. The average Bonchev–Trinajstić information content (AvgIpc) is 2.40. The van der Waals surface area contributed by atoms with Crippen molar-refractivity contribution in [2.24, 2.45) is 5.73 Å². The molecule has 0 bridgehead atoms. The fourth-order valence-electron chi connectivity index (χ4n) is 2.24. The van der Waals surface area contributed by atoms with E-state index in [0.29, 0.717) is 4.99 Å². The predicted molar refractivity (Wildman–Crippen MR) is 77.3 cm³/mol. The van der Waals surface area contributed by atoms with Gasteiger partial charge in [-0.3, -0.25) is 14.8 Å². The fraction of sp³-hybridized carbons (Fsp3) is 0.538. The van der Waals surface area contributed by atoms with Gasteiger partial charge in [0.05, 0.1) is 11.0 Å². The largest absolute Gasteiger partial charge is 0.392 e. The van der Waals surface area contributed by atoms with E-state index in [-0.39, 0.29) is 6.04 Å². The zero-order valence-corrected chi connectivity index (χ0v) is 11.6.